The van der Waals surface area contributed by atoms with E-state index >= 15 is 0 Å². The maximum absolute atomic E-state index is 13.5. The summed E-state index contributed by atoms with van der Waals surface area (Å²) in [6.45, 7) is 1.99. The van der Waals surface area contributed by atoms with Crippen molar-refractivity contribution in [2.75, 3.05) is 18.0 Å². The molecule has 2 bridgehead atoms. The number of benzene rings is 1. The second-order valence-corrected chi connectivity index (χ2v) is 7.98. The molecule has 2 atom stereocenters. The first-order valence-corrected chi connectivity index (χ1v) is 10.3. The number of rotatable bonds is 3. The molecule has 4 aromatic rings. The first-order valence-electron chi connectivity index (χ1n) is 10.3. The van der Waals surface area contributed by atoms with Crippen molar-refractivity contribution in [3.05, 3.63) is 66.7 Å². The maximum atomic E-state index is 13.5. The lowest BCUT2D eigenvalue weighted by molar-refractivity contribution is 0.289. The van der Waals surface area contributed by atoms with Gasteiger partial charge < -0.3 is 10.2 Å². The van der Waals surface area contributed by atoms with Gasteiger partial charge in [-0.25, -0.2) is 14.4 Å². The van der Waals surface area contributed by atoms with Gasteiger partial charge in [-0.05, 0) is 61.4 Å². The van der Waals surface area contributed by atoms with Crippen LogP contribution in [0.15, 0.2) is 60.9 Å². The minimum Gasteiger partial charge on any atom is -0.351 e. The summed E-state index contributed by atoms with van der Waals surface area (Å²) in [6.07, 6.45) is 5.94. The molecule has 3 aliphatic rings. The number of aromatic nitrogens is 4. The highest BCUT2D eigenvalue weighted by atomic mass is 19.1. The fourth-order valence-electron chi connectivity index (χ4n) is 4.63. The summed E-state index contributed by atoms with van der Waals surface area (Å²) in [6, 6.07) is 15.4. The Hall–Kier alpha value is -3.32. The predicted molar refractivity (Wildman–Crippen MR) is 114 cm³/mol. The fourth-order valence-corrected chi connectivity index (χ4v) is 4.63. The molecule has 3 fully saturated rings. The summed E-state index contributed by atoms with van der Waals surface area (Å²) >= 11 is 0. The van der Waals surface area contributed by atoms with Crippen molar-refractivity contribution >= 4 is 17.0 Å². The van der Waals surface area contributed by atoms with E-state index in [-0.39, 0.29) is 5.82 Å². The Balaban J connectivity index is 1.53. The second kappa shape index (κ2) is 6.88. The monoisotopic (exact) mass is 400 g/mol. The Morgan fingerprint density at radius 3 is 2.47 bits per heavy atom. The van der Waals surface area contributed by atoms with Crippen molar-refractivity contribution in [1.29, 1.82) is 0 Å². The molecule has 3 aliphatic heterocycles. The summed E-state index contributed by atoms with van der Waals surface area (Å²) in [4.78, 5) is 16.5. The molecule has 3 saturated heterocycles. The average Bonchev–Trinajstić information content (AvgIpc) is 3.19. The summed E-state index contributed by atoms with van der Waals surface area (Å²) in [7, 11) is 0. The van der Waals surface area contributed by atoms with Crippen molar-refractivity contribution in [3.63, 3.8) is 0 Å². The van der Waals surface area contributed by atoms with Gasteiger partial charge >= 0.3 is 0 Å². The first-order chi connectivity index (χ1) is 14.8. The van der Waals surface area contributed by atoms with Crippen molar-refractivity contribution in [2.45, 2.75) is 24.9 Å². The summed E-state index contributed by atoms with van der Waals surface area (Å²) in [5.41, 5.74) is 3.38. The number of halogens is 1. The normalized spacial score (nSPS) is 20.8. The van der Waals surface area contributed by atoms with Crippen LogP contribution in [0, 0.1) is 5.82 Å². The minimum absolute atomic E-state index is 0.264. The third-order valence-electron chi connectivity index (χ3n) is 6.16. The number of piperazine rings is 1. The molecule has 2 unspecified atom stereocenters. The van der Waals surface area contributed by atoms with Crippen molar-refractivity contribution < 1.29 is 4.39 Å². The number of nitrogens with one attached hydrogen (secondary N) is 1. The Labute approximate surface area is 173 Å². The van der Waals surface area contributed by atoms with Gasteiger partial charge in [0.05, 0.1) is 5.69 Å². The molecule has 1 aromatic carbocycles. The summed E-state index contributed by atoms with van der Waals surface area (Å²) in [5.74, 6) is 1.46. The summed E-state index contributed by atoms with van der Waals surface area (Å²) in [5, 5.41) is 3.60. The van der Waals surface area contributed by atoms with E-state index in [1.54, 1.807) is 24.5 Å². The largest absolute Gasteiger partial charge is 0.351 e. The Morgan fingerprint density at radius 2 is 1.77 bits per heavy atom. The maximum Gasteiger partial charge on any atom is 0.167 e. The number of nitrogens with zero attached hydrogens (tertiary/aromatic N) is 5. The van der Waals surface area contributed by atoms with Gasteiger partial charge in [0.25, 0.3) is 0 Å². The van der Waals surface area contributed by atoms with E-state index in [2.05, 4.69) is 21.3 Å². The van der Waals surface area contributed by atoms with Crippen LogP contribution >= 0.6 is 0 Å². The van der Waals surface area contributed by atoms with Gasteiger partial charge in [0, 0.05) is 43.1 Å². The third-order valence-corrected chi connectivity index (χ3v) is 6.16. The molecule has 0 spiro atoms. The third kappa shape index (κ3) is 2.85. The molecule has 3 aromatic heterocycles. The Bertz CT molecular complexity index is 1200. The van der Waals surface area contributed by atoms with Crippen molar-refractivity contribution in [3.8, 4) is 17.1 Å². The highest BCUT2D eigenvalue weighted by Crippen LogP contribution is 2.32. The lowest BCUT2D eigenvalue weighted by Crippen LogP contribution is -2.61. The van der Waals surface area contributed by atoms with Crippen LogP contribution < -0.4 is 10.2 Å². The Kier molecular flexibility index (Phi) is 4.02. The number of anilines is 1. The quantitative estimate of drug-likeness (QED) is 0.570. The molecule has 6 heterocycles. The average molecular weight is 400 g/mol. The highest BCUT2D eigenvalue weighted by Gasteiger charge is 2.34. The zero-order valence-corrected chi connectivity index (χ0v) is 16.4. The van der Waals surface area contributed by atoms with Gasteiger partial charge in [-0.1, -0.05) is 0 Å². The molecule has 0 aliphatic carbocycles. The van der Waals surface area contributed by atoms with Gasteiger partial charge in [0.1, 0.15) is 23.0 Å². The Morgan fingerprint density at radius 1 is 0.933 bits per heavy atom. The van der Waals surface area contributed by atoms with Crippen LogP contribution in [-0.4, -0.2) is 44.7 Å². The molecular formula is C23H21FN6. The van der Waals surface area contributed by atoms with Crippen LogP contribution in [0.3, 0.4) is 0 Å². The van der Waals surface area contributed by atoms with E-state index in [9.17, 15) is 4.39 Å². The number of imidazole rings is 1. The van der Waals surface area contributed by atoms with E-state index in [1.807, 2.05) is 22.8 Å². The molecule has 0 saturated carbocycles. The van der Waals surface area contributed by atoms with Crippen LogP contribution in [-0.2, 0) is 0 Å². The van der Waals surface area contributed by atoms with Gasteiger partial charge in [-0.2, -0.15) is 0 Å². The van der Waals surface area contributed by atoms with E-state index in [0.717, 1.165) is 47.1 Å². The molecule has 30 heavy (non-hydrogen) atoms. The topological polar surface area (TPSA) is 58.9 Å². The molecule has 0 radical (unpaired) electrons. The molecule has 7 rings (SSSR count). The zero-order valence-electron chi connectivity index (χ0n) is 16.4. The zero-order chi connectivity index (χ0) is 20.1. The summed E-state index contributed by atoms with van der Waals surface area (Å²) < 4.78 is 15.5. The lowest BCUT2D eigenvalue weighted by atomic mass is 9.93. The van der Waals surface area contributed by atoms with Gasteiger partial charge in [-0.3, -0.25) is 9.55 Å². The lowest BCUT2D eigenvalue weighted by Gasteiger charge is -2.46. The van der Waals surface area contributed by atoms with Gasteiger partial charge in [0.15, 0.2) is 5.65 Å². The van der Waals surface area contributed by atoms with Crippen molar-refractivity contribution in [1.82, 2.24) is 24.8 Å². The van der Waals surface area contributed by atoms with E-state index in [0.29, 0.717) is 12.1 Å². The molecule has 6 nitrogen and oxygen atoms in total. The van der Waals surface area contributed by atoms with E-state index in [1.165, 1.54) is 25.0 Å². The van der Waals surface area contributed by atoms with E-state index in [4.69, 9.17) is 9.97 Å². The first kappa shape index (κ1) is 17.5. The van der Waals surface area contributed by atoms with Gasteiger partial charge in [-0.15, -0.1) is 0 Å². The minimum atomic E-state index is -0.264. The number of hydrogen-bond acceptors (Lipinski definition) is 5. The van der Waals surface area contributed by atoms with Crippen molar-refractivity contribution in [2.24, 2.45) is 0 Å². The smallest absolute Gasteiger partial charge is 0.167 e. The fraction of sp³-hybridized carbons (Fsp3) is 0.261. The number of piperidine rings is 2. The van der Waals surface area contributed by atoms with Crippen LogP contribution in [0.5, 0.6) is 0 Å². The molecule has 150 valence electrons. The second-order valence-electron chi connectivity index (χ2n) is 7.98. The predicted octanol–water partition coefficient (Wildman–Crippen LogP) is 3.56. The molecular weight excluding hydrogens is 379 g/mol. The van der Waals surface area contributed by atoms with E-state index < -0.39 is 0 Å². The van der Waals surface area contributed by atoms with Gasteiger partial charge in [0.2, 0.25) is 0 Å². The SMILES string of the molecule is Fc1ccc(-c2nc3ccc(N4CC5CCC4CN5)nc3n2-c2ccncc2)cc1. The molecule has 0 amide bonds. The highest BCUT2D eigenvalue weighted by molar-refractivity contribution is 5.81. The van der Waals surface area contributed by atoms with Crippen LogP contribution in [0.1, 0.15) is 12.8 Å². The number of pyridine rings is 2. The molecule has 1 N–H and O–H groups in total. The molecule has 7 heteroatoms. The van der Waals surface area contributed by atoms with Crippen LogP contribution in [0.4, 0.5) is 10.2 Å². The number of fused-ring (bicyclic) bond motifs is 4. The standard InChI is InChI=1S/C23H21FN6/c24-16-3-1-15(2-4-16)22-27-20-7-8-21(29-14-17-5-6-19(29)13-26-17)28-23(20)30(22)18-9-11-25-12-10-18/h1-4,7-12,17,19,26H,5-6,13-14H2. The number of hydrogen-bond donors (Lipinski definition) is 1. The van der Waals surface area contributed by atoms with Crippen LogP contribution in [0.25, 0.3) is 28.2 Å². The van der Waals surface area contributed by atoms with Crippen LogP contribution in [0.2, 0.25) is 0 Å².